The molecular formula is C12H22N2O3. The summed E-state index contributed by atoms with van der Waals surface area (Å²) in [5, 5.41) is 0. The Morgan fingerprint density at radius 1 is 0.941 bits per heavy atom. The van der Waals surface area contributed by atoms with Crippen molar-refractivity contribution < 1.29 is 14.3 Å². The van der Waals surface area contributed by atoms with E-state index >= 15 is 0 Å². The summed E-state index contributed by atoms with van der Waals surface area (Å²) in [6.45, 7) is 7.59. The summed E-state index contributed by atoms with van der Waals surface area (Å²) in [6, 6.07) is 0. The minimum Gasteiger partial charge on any atom is -0.379 e. The quantitative estimate of drug-likeness (QED) is 0.693. The van der Waals surface area contributed by atoms with E-state index in [0.29, 0.717) is 19.6 Å². The molecule has 2 heterocycles. The highest BCUT2D eigenvalue weighted by Gasteiger charge is 2.17. The first-order chi connectivity index (χ1) is 8.36. The van der Waals surface area contributed by atoms with Crippen LogP contribution in [0.25, 0.3) is 0 Å². The van der Waals surface area contributed by atoms with Crippen molar-refractivity contribution in [3.05, 3.63) is 0 Å². The van der Waals surface area contributed by atoms with Gasteiger partial charge in [0.15, 0.2) is 0 Å². The zero-order valence-electron chi connectivity index (χ0n) is 10.4. The van der Waals surface area contributed by atoms with E-state index in [9.17, 15) is 4.79 Å². The number of ether oxygens (including phenoxy) is 2. The molecule has 0 aromatic heterocycles. The van der Waals surface area contributed by atoms with Crippen molar-refractivity contribution in [3.8, 4) is 0 Å². The number of morpholine rings is 2. The molecule has 1 amide bonds. The third-order valence-corrected chi connectivity index (χ3v) is 3.33. The Morgan fingerprint density at radius 2 is 1.53 bits per heavy atom. The van der Waals surface area contributed by atoms with E-state index in [2.05, 4.69) is 4.90 Å². The first-order valence-electron chi connectivity index (χ1n) is 6.52. The summed E-state index contributed by atoms with van der Waals surface area (Å²) in [4.78, 5) is 16.2. The number of nitrogens with zero attached hydrogens (tertiary/aromatic N) is 2. The van der Waals surface area contributed by atoms with Crippen molar-refractivity contribution in [2.75, 3.05) is 59.2 Å². The predicted octanol–water partition coefficient (Wildman–Crippen LogP) is -0.0424. The lowest BCUT2D eigenvalue weighted by Gasteiger charge is -2.28. The van der Waals surface area contributed by atoms with Crippen LogP contribution in [0.15, 0.2) is 0 Å². The van der Waals surface area contributed by atoms with Crippen LogP contribution in [0.1, 0.15) is 12.8 Å². The van der Waals surface area contributed by atoms with Crippen LogP contribution in [0, 0.1) is 0 Å². The molecular weight excluding hydrogens is 220 g/mol. The molecule has 17 heavy (non-hydrogen) atoms. The highest BCUT2D eigenvalue weighted by Crippen LogP contribution is 2.04. The summed E-state index contributed by atoms with van der Waals surface area (Å²) in [5.41, 5.74) is 0. The Bertz CT molecular complexity index is 236. The maximum atomic E-state index is 11.9. The van der Waals surface area contributed by atoms with Crippen molar-refractivity contribution in [2.24, 2.45) is 0 Å². The molecule has 0 saturated carbocycles. The average molecular weight is 242 g/mol. The minimum atomic E-state index is 0.279. The van der Waals surface area contributed by atoms with E-state index in [1.807, 2.05) is 4.90 Å². The molecule has 2 rings (SSSR count). The summed E-state index contributed by atoms with van der Waals surface area (Å²) in [7, 11) is 0. The molecule has 0 aliphatic carbocycles. The van der Waals surface area contributed by atoms with Crippen LogP contribution in [-0.2, 0) is 14.3 Å². The van der Waals surface area contributed by atoms with Gasteiger partial charge in [-0.1, -0.05) is 0 Å². The van der Waals surface area contributed by atoms with Crippen LogP contribution in [-0.4, -0.2) is 74.9 Å². The average Bonchev–Trinajstić information content (AvgIpc) is 2.41. The Labute approximate surface area is 103 Å². The van der Waals surface area contributed by atoms with Gasteiger partial charge in [-0.3, -0.25) is 9.69 Å². The topological polar surface area (TPSA) is 42.0 Å². The van der Waals surface area contributed by atoms with Gasteiger partial charge >= 0.3 is 0 Å². The fourth-order valence-corrected chi connectivity index (χ4v) is 2.25. The van der Waals surface area contributed by atoms with Gasteiger partial charge in [-0.2, -0.15) is 0 Å². The van der Waals surface area contributed by atoms with Gasteiger partial charge < -0.3 is 14.4 Å². The lowest BCUT2D eigenvalue weighted by atomic mass is 10.2. The normalized spacial score (nSPS) is 22.7. The first-order valence-corrected chi connectivity index (χ1v) is 6.52. The fraction of sp³-hybridized carbons (Fsp3) is 0.917. The van der Waals surface area contributed by atoms with Crippen LogP contribution in [0.2, 0.25) is 0 Å². The second kappa shape index (κ2) is 6.93. The third-order valence-electron chi connectivity index (χ3n) is 3.33. The van der Waals surface area contributed by atoms with Crippen molar-refractivity contribution in [1.29, 1.82) is 0 Å². The zero-order valence-corrected chi connectivity index (χ0v) is 10.4. The molecule has 5 heteroatoms. The van der Waals surface area contributed by atoms with Gasteiger partial charge in [0.05, 0.1) is 26.4 Å². The SMILES string of the molecule is O=C(CCCN1CCOCC1)N1CCOCC1. The summed E-state index contributed by atoms with van der Waals surface area (Å²) in [5.74, 6) is 0.279. The number of hydrogen-bond acceptors (Lipinski definition) is 4. The molecule has 0 atom stereocenters. The largest absolute Gasteiger partial charge is 0.379 e. The molecule has 2 saturated heterocycles. The number of carbonyl (C=O) groups is 1. The standard InChI is InChI=1S/C12H22N2O3/c15-12(14-6-10-17-11-7-14)2-1-3-13-4-8-16-9-5-13/h1-11H2. The molecule has 0 aromatic carbocycles. The van der Waals surface area contributed by atoms with Crippen LogP contribution < -0.4 is 0 Å². The Morgan fingerprint density at radius 3 is 2.18 bits per heavy atom. The van der Waals surface area contributed by atoms with E-state index in [4.69, 9.17) is 9.47 Å². The molecule has 5 nitrogen and oxygen atoms in total. The summed E-state index contributed by atoms with van der Waals surface area (Å²) in [6.07, 6.45) is 1.62. The van der Waals surface area contributed by atoms with E-state index < -0.39 is 0 Å². The molecule has 0 aromatic rings. The highest BCUT2D eigenvalue weighted by molar-refractivity contribution is 5.76. The minimum absolute atomic E-state index is 0.279. The monoisotopic (exact) mass is 242 g/mol. The molecule has 0 bridgehead atoms. The second-order valence-electron chi connectivity index (χ2n) is 4.55. The van der Waals surface area contributed by atoms with Gasteiger partial charge in [-0.05, 0) is 13.0 Å². The van der Waals surface area contributed by atoms with Gasteiger partial charge in [-0.25, -0.2) is 0 Å². The van der Waals surface area contributed by atoms with E-state index in [-0.39, 0.29) is 5.91 Å². The van der Waals surface area contributed by atoms with Crippen molar-refractivity contribution in [1.82, 2.24) is 9.80 Å². The van der Waals surface area contributed by atoms with Crippen LogP contribution in [0.5, 0.6) is 0 Å². The first kappa shape index (κ1) is 12.8. The van der Waals surface area contributed by atoms with Crippen molar-refractivity contribution >= 4 is 5.91 Å². The predicted molar refractivity (Wildman–Crippen MR) is 63.9 cm³/mol. The lowest BCUT2D eigenvalue weighted by Crippen LogP contribution is -2.41. The number of amides is 1. The second-order valence-corrected chi connectivity index (χ2v) is 4.55. The van der Waals surface area contributed by atoms with Gasteiger partial charge in [-0.15, -0.1) is 0 Å². The van der Waals surface area contributed by atoms with E-state index in [0.717, 1.165) is 52.4 Å². The third kappa shape index (κ3) is 4.26. The maximum absolute atomic E-state index is 11.9. The van der Waals surface area contributed by atoms with Gasteiger partial charge in [0.1, 0.15) is 0 Å². The molecule has 2 fully saturated rings. The van der Waals surface area contributed by atoms with Gasteiger partial charge in [0.25, 0.3) is 0 Å². The van der Waals surface area contributed by atoms with Gasteiger partial charge in [0, 0.05) is 32.6 Å². The fourth-order valence-electron chi connectivity index (χ4n) is 2.25. The van der Waals surface area contributed by atoms with E-state index in [1.54, 1.807) is 0 Å². The molecule has 0 spiro atoms. The van der Waals surface area contributed by atoms with Crippen molar-refractivity contribution in [3.63, 3.8) is 0 Å². The van der Waals surface area contributed by atoms with E-state index in [1.165, 1.54) is 0 Å². The molecule has 2 aliphatic rings. The number of carbonyl (C=O) groups excluding carboxylic acids is 1. The molecule has 98 valence electrons. The Kier molecular flexibility index (Phi) is 5.22. The summed E-state index contributed by atoms with van der Waals surface area (Å²) < 4.78 is 10.5. The molecule has 0 radical (unpaired) electrons. The van der Waals surface area contributed by atoms with Crippen LogP contribution in [0.3, 0.4) is 0 Å². The summed E-state index contributed by atoms with van der Waals surface area (Å²) >= 11 is 0. The number of rotatable bonds is 4. The Hall–Kier alpha value is -0.650. The molecule has 0 N–H and O–H groups in total. The van der Waals surface area contributed by atoms with Crippen molar-refractivity contribution in [2.45, 2.75) is 12.8 Å². The van der Waals surface area contributed by atoms with Crippen LogP contribution >= 0.6 is 0 Å². The lowest BCUT2D eigenvalue weighted by molar-refractivity contribution is -0.135. The maximum Gasteiger partial charge on any atom is 0.222 e. The zero-order chi connectivity index (χ0) is 11.9. The molecule has 2 aliphatic heterocycles. The number of hydrogen-bond donors (Lipinski definition) is 0. The Balaban J connectivity index is 1.58. The highest BCUT2D eigenvalue weighted by atomic mass is 16.5. The van der Waals surface area contributed by atoms with Crippen LogP contribution in [0.4, 0.5) is 0 Å². The van der Waals surface area contributed by atoms with Gasteiger partial charge in [0.2, 0.25) is 5.91 Å². The smallest absolute Gasteiger partial charge is 0.222 e. The molecule has 0 unspecified atom stereocenters.